The van der Waals surface area contributed by atoms with Crippen molar-refractivity contribution in [2.75, 3.05) is 48.3 Å². The molecule has 0 bridgehead atoms. The van der Waals surface area contributed by atoms with Crippen LogP contribution in [-0.4, -0.2) is 68.3 Å². The minimum atomic E-state index is 0.534. The maximum Gasteiger partial charge on any atom is 0.258 e. The Hall–Kier alpha value is -2.88. The van der Waals surface area contributed by atoms with E-state index in [1.165, 1.54) is 38.5 Å². The number of hydrogen-bond acceptors (Lipinski definition) is 9. The van der Waals surface area contributed by atoms with E-state index in [9.17, 15) is 0 Å². The number of rotatable bonds is 8. The highest BCUT2D eigenvalue weighted by molar-refractivity contribution is 7.99. The number of nitrogens with zero attached hydrogens (tertiary/aromatic N) is 8. The molecule has 2 fully saturated rings. The lowest BCUT2D eigenvalue weighted by molar-refractivity contribution is 0.341. The van der Waals surface area contributed by atoms with Gasteiger partial charge in [0, 0.05) is 31.9 Å². The van der Waals surface area contributed by atoms with E-state index >= 15 is 0 Å². The summed E-state index contributed by atoms with van der Waals surface area (Å²) in [6.07, 6.45) is 8.93. The summed E-state index contributed by atoms with van der Waals surface area (Å²) in [5.41, 5.74) is 1.14. The summed E-state index contributed by atoms with van der Waals surface area (Å²) in [6.45, 7) is 6.60. The molecule has 2 saturated heterocycles. The van der Waals surface area contributed by atoms with Crippen LogP contribution in [-0.2, 0) is 0 Å². The number of aryl methyl sites for hydroxylation is 1. The van der Waals surface area contributed by atoms with E-state index in [1.54, 1.807) is 22.8 Å². The Bertz CT molecular complexity index is 1040. The van der Waals surface area contributed by atoms with Gasteiger partial charge in [-0.3, -0.25) is 0 Å². The van der Waals surface area contributed by atoms with Crippen LogP contribution >= 0.6 is 11.8 Å². The van der Waals surface area contributed by atoms with Crippen molar-refractivity contribution in [2.45, 2.75) is 50.6 Å². The summed E-state index contributed by atoms with van der Waals surface area (Å²) < 4.78 is 7.56. The Kier molecular flexibility index (Phi) is 7.43. The number of piperidine rings is 2. The van der Waals surface area contributed by atoms with Crippen LogP contribution in [0.25, 0.3) is 5.95 Å². The van der Waals surface area contributed by atoms with Gasteiger partial charge in [-0.25, -0.2) is 4.98 Å². The van der Waals surface area contributed by atoms with Crippen molar-refractivity contribution < 1.29 is 4.74 Å². The average Bonchev–Trinajstić information content (AvgIpc) is 3.37. The van der Waals surface area contributed by atoms with Gasteiger partial charge in [-0.15, -0.1) is 5.10 Å². The Labute approximate surface area is 205 Å². The van der Waals surface area contributed by atoms with Gasteiger partial charge in [-0.1, -0.05) is 30.0 Å². The van der Waals surface area contributed by atoms with E-state index in [2.05, 4.69) is 32.9 Å². The molecule has 180 valence electrons. The van der Waals surface area contributed by atoms with Crippen LogP contribution in [0.5, 0.6) is 5.75 Å². The second kappa shape index (κ2) is 11.0. The molecule has 0 unspecified atom stereocenters. The molecule has 0 amide bonds. The van der Waals surface area contributed by atoms with Gasteiger partial charge in [0.2, 0.25) is 17.1 Å². The Morgan fingerprint density at radius 1 is 0.824 bits per heavy atom. The third kappa shape index (κ3) is 5.60. The maximum atomic E-state index is 5.89. The lowest BCUT2D eigenvalue weighted by Gasteiger charge is -2.30. The molecule has 3 aromatic rings. The highest BCUT2D eigenvalue weighted by Gasteiger charge is 2.21. The van der Waals surface area contributed by atoms with Gasteiger partial charge in [-0.2, -0.15) is 19.6 Å². The summed E-state index contributed by atoms with van der Waals surface area (Å²) in [6, 6.07) is 8.05. The number of hydrogen-bond donors (Lipinski definition) is 0. The van der Waals surface area contributed by atoms with E-state index in [4.69, 9.17) is 19.7 Å². The predicted molar refractivity (Wildman–Crippen MR) is 134 cm³/mol. The Morgan fingerprint density at radius 3 is 2.09 bits per heavy atom. The molecule has 2 aliphatic heterocycles. The number of anilines is 2. The Balaban J connectivity index is 1.29. The van der Waals surface area contributed by atoms with E-state index in [0.717, 1.165) is 55.1 Å². The summed E-state index contributed by atoms with van der Waals surface area (Å²) in [4.78, 5) is 23.4. The third-order valence-corrected chi connectivity index (χ3v) is 7.04. The number of aromatic nitrogens is 6. The molecular weight excluding hydrogens is 448 g/mol. The predicted octanol–water partition coefficient (Wildman–Crippen LogP) is 3.91. The fourth-order valence-electron chi connectivity index (χ4n) is 4.33. The molecule has 4 heterocycles. The zero-order valence-electron chi connectivity index (χ0n) is 19.8. The molecule has 34 heavy (non-hydrogen) atoms. The SMILES string of the molecule is Cc1ccccc1OCCSc1ncn(-c2nc(N3CCCCC3)nc(N3CCCCC3)n2)n1. The maximum absolute atomic E-state index is 5.89. The van der Waals surface area contributed by atoms with Crippen molar-refractivity contribution in [3.63, 3.8) is 0 Å². The number of thioether (sulfide) groups is 1. The molecular formula is C24H32N8OS. The zero-order chi connectivity index (χ0) is 23.2. The molecule has 0 atom stereocenters. The minimum Gasteiger partial charge on any atom is -0.492 e. The van der Waals surface area contributed by atoms with Gasteiger partial charge >= 0.3 is 0 Å². The van der Waals surface area contributed by atoms with E-state index < -0.39 is 0 Å². The monoisotopic (exact) mass is 480 g/mol. The zero-order valence-corrected chi connectivity index (χ0v) is 20.6. The lowest BCUT2D eigenvalue weighted by Crippen LogP contribution is -2.34. The van der Waals surface area contributed by atoms with E-state index in [1.807, 2.05) is 18.2 Å². The van der Waals surface area contributed by atoms with Crippen molar-refractivity contribution >= 4 is 23.7 Å². The molecule has 10 heteroatoms. The van der Waals surface area contributed by atoms with Gasteiger partial charge in [0.1, 0.15) is 12.1 Å². The fourth-order valence-corrected chi connectivity index (χ4v) is 4.95. The first-order valence-electron chi connectivity index (χ1n) is 12.3. The molecule has 2 aromatic heterocycles. The summed E-state index contributed by atoms with van der Waals surface area (Å²) >= 11 is 1.57. The molecule has 0 spiro atoms. The normalized spacial score (nSPS) is 16.6. The van der Waals surface area contributed by atoms with Crippen LogP contribution in [0.4, 0.5) is 11.9 Å². The van der Waals surface area contributed by atoms with Gasteiger partial charge in [0.05, 0.1) is 6.61 Å². The van der Waals surface area contributed by atoms with Crippen molar-refractivity contribution in [1.29, 1.82) is 0 Å². The molecule has 9 nitrogen and oxygen atoms in total. The van der Waals surface area contributed by atoms with Crippen molar-refractivity contribution in [3.8, 4) is 11.7 Å². The highest BCUT2D eigenvalue weighted by atomic mass is 32.2. The molecule has 2 aliphatic rings. The number of benzene rings is 1. The quantitative estimate of drug-likeness (QED) is 0.352. The van der Waals surface area contributed by atoms with Crippen molar-refractivity contribution in [3.05, 3.63) is 36.2 Å². The van der Waals surface area contributed by atoms with Crippen LogP contribution < -0.4 is 14.5 Å². The largest absolute Gasteiger partial charge is 0.492 e. The molecule has 0 radical (unpaired) electrons. The standard InChI is InChI=1S/C24H32N8OS/c1-19-10-4-5-11-20(19)33-16-17-34-24-25-18-32(29-24)23-27-21(30-12-6-2-7-13-30)26-22(28-23)31-14-8-3-9-15-31/h4-5,10-11,18H,2-3,6-9,12-17H2,1H3. The fraction of sp³-hybridized carbons (Fsp3) is 0.542. The second-order valence-corrected chi connectivity index (χ2v) is 9.83. The Morgan fingerprint density at radius 2 is 1.44 bits per heavy atom. The van der Waals surface area contributed by atoms with Crippen LogP contribution in [0.1, 0.15) is 44.1 Å². The van der Waals surface area contributed by atoms with Gasteiger partial charge in [0.15, 0.2) is 0 Å². The second-order valence-electron chi connectivity index (χ2n) is 8.76. The van der Waals surface area contributed by atoms with Gasteiger partial charge in [-0.05, 0) is 57.1 Å². The lowest BCUT2D eigenvalue weighted by atomic mass is 10.1. The average molecular weight is 481 g/mol. The molecule has 1 aromatic carbocycles. The molecule has 5 rings (SSSR count). The first-order valence-corrected chi connectivity index (χ1v) is 13.2. The smallest absolute Gasteiger partial charge is 0.258 e. The molecule has 0 saturated carbocycles. The first-order chi connectivity index (χ1) is 16.8. The van der Waals surface area contributed by atoms with Crippen molar-refractivity contribution in [1.82, 2.24) is 29.7 Å². The van der Waals surface area contributed by atoms with Crippen LogP contribution in [0.3, 0.4) is 0 Å². The summed E-state index contributed by atoms with van der Waals surface area (Å²) in [5, 5.41) is 5.33. The number of para-hydroxylation sites is 1. The summed E-state index contributed by atoms with van der Waals surface area (Å²) in [7, 11) is 0. The van der Waals surface area contributed by atoms with Crippen LogP contribution in [0.2, 0.25) is 0 Å². The summed E-state index contributed by atoms with van der Waals surface area (Å²) in [5.74, 6) is 3.71. The topological polar surface area (TPSA) is 85.1 Å². The molecule has 0 N–H and O–H groups in total. The van der Waals surface area contributed by atoms with E-state index in [-0.39, 0.29) is 0 Å². The minimum absolute atomic E-state index is 0.534. The molecule has 0 aliphatic carbocycles. The first kappa shape index (κ1) is 22.9. The van der Waals surface area contributed by atoms with E-state index in [0.29, 0.717) is 17.7 Å². The van der Waals surface area contributed by atoms with Crippen molar-refractivity contribution in [2.24, 2.45) is 0 Å². The van der Waals surface area contributed by atoms with Gasteiger partial charge < -0.3 is 14.5 Å². The highest BCUT2D eigenvalue weighted by Crippen LogP contribution is 2.23. The third-order valence-electron chi connectivity index (χ3n) is 6.22. The van der Waals surface area contributed by atoms with Crippen LogP contribution in [0.15, 0.2) is 35.7 Å². The van der Waals surface area contributed by atoms with Gasteiger partial charge in [0.25, 0.3) is 5.95 Å². The number of ether oxygens (including phenoxy) is 1. The van der Waals surface area contributed by atoms with Crippen LogP contribution in [0, 0.1) is 6.92 Å².